The van der Waals surface area contributed by atoms with Gasteiger partial charge < -0.3 is 14.7 Å². The van der Waals surface area contributed by atoms with Gasteiger partial charge in [-0.2, -0.15) is 0 Å². The first kappa shape index (κ1) is 13.1. The van der Waals surface area contributed by atoms with Crippen LogP contribution >= 0.6 is 0 Å². The minimum Gasteiger partial charge on any atom is -0.462 e. The fourth-order valence-corrected chi connectivity index (χ4v) is 3.87. The summed E-state index contributed by atoms with van der Waals surface area (Å²) in [6.07, 6.45) is 2.20. The second-order valence-electron chi connectivity index (χ2n) is 6.54. The highest BCUT2D eigenvalue weighted by Gasteiger charge is 2.40. The van der Waals surface area contributed by atoms with Crippen LogP contribution < -0.4 is 0 Å². The number of ether oxygens (including phenoxy) is 1. The Hall–Kier alpha value is -1.39. The topological polar surface area (TPSA) is 49.8 Å². The number of nitrogens with zero attached hydrogens (tertiary/aromatic N) is 1. The summed E-state index contributed by atoms with van der Waals surface area (Å²) in [5.41, 5.74) is 0.642. The molecule has 4 heteroatoms. The van der Waals surface area contributed by atoms with Crippen molar-refractivity contribution in [2.45, 2.75) is 62.8 Å². The van der Waals surface area contributed by atoms with Crippen LogP contribution in [0.4, 0.5) is 0 Å². The molecule has 2 fully saturated rings. The summed E-state index contributed by atoms with van der Waals surface area (Å²) in [5.74, 6) is -1.41. The normalized spacial score (nSPS) is 33.5. The molecule has 2 aliphatic rings. The van der Waals surface area contributed by atoms with Gasteiger partial charge in [-0.3, -0.25) is 4.79 Å². The molecule has 1 N–H and O–H groups in total. The first-order chi connectivity index (χ1) is 11.4. The minimum absolute atomic E-state index is 0.112. The Morgan fingerprint density at radius 3 is 2.59 bits per heavy atom. The quantitative estimate of drug-likeness (QED) is 0.848. The third-order valence-electron chi connectivity index (χ3n) is 5.11. The summed E-state index contributed by atoms with van der Waals surface area (Å²) in [6.45, 7) is 1.43. The monoisotopic (exact) mass is 305 g/mol. The highest BCUT2D eigenvalue weighted by Crippen LogP contribution is 2.36. The Balaban J connectivity index is 1.75. The lowest BCUT2D eigenvalue weighted by Gasteiger charge is -2.36. The van der Waals surface area contributed by atoms with Gasteiger partial charge in [0, 0.05) is 12.1 Å². The fourth-order valence-electron chi connectivity index (χ4n) is 3.87. The fraction of sp³-hybridized carbons (Fsp3) is 0.611. The van der Waals surface area contributed by atoms with E-state index in [0.29, 0.717) is 17.6 Å². The number of fused-ring (bicyclic) bond motifs is 2. The van der Waals surface area contributed by atoms with Crippen molar-refractivity contribution in [2.75, 3.05) is 7.05 Å². The highest BCUT2D eigenvalue weighted by molar-refractivity contribution is 5.79. The summed E-state index contributed by atoms with van der Waals surface area (Å²) < 4.78 is 21.2. The van der Waals surface area contributed by atoms with Gasteiger partial charge in [0.15, 0.2) is 0 Å². The Labute approximate surface area is 135 Å². The molecule has 22 heavy (non-hydrogen) atoms. The summed E-state index contributed by atoms with van der Waals surface area (Å²) in [7, 11) is 2.14. The Bertz CT molecular complexity index is 567. The van der Waals surface area contributed by atoms with Crippen molar-refractivity contribution < 1.29 is 16.0 Å². The van der Waals surface area contributed by atoms with Gasteiger partial charge in [-0.25, -0.2) is 0 Å². The second kappa shape index (κ2) is 6.39. The van der Waals surface area contributed by atoms with E-state index in [9.17, 15) is 4.79 Å². The highest BCUT2D eigenvalue weighted by atomic mass is 16.5. The number of carbonyl (C=O) groups is 1. The Morgan fingerprint density at radius 1 is 1.36 bits per heavy atom. The molecular formula is C18H25NO3. The number of piperidine rings is 1. The molecule has 0 amide bonds. The first-order valence-electron chi connectivity index (χ1n) is 8.95. The Kier molecular flexibility index (Phi) is 3.80. The molecule has 4 nitrogen and oxygen atoms in total. The molecule has 0 saturated carbocycles. The molecule has 0 spiro atoms. The number of benzene rings is 1. The van der Waals surface area contributed by atoms with Gasteiger partial charge in [0.25, 0.3) is 0 Å². The van der Waals surface area contributed by atoms with E-state index in [1.165, 1.54) is 6.92 Å². The number of hydrogen-bond acceptors (Lipinski definition) is 4. The molecule has 2 aliphatic heterocycles. The van der Waals surface area contributed by atoms with Crippen molar-refractivity contribution in [1.29, 1.82) is 1.43 Å². The third kappa shape index (κ3) is 3.03. The number of carbonyl (C=O) groups excluding carboxylic acids is 1. The van der Waals surface area contributed by atoms with E-state index in [0.717, 1.165) is 25.7 Å². The van der Waals surface area contributed by atoms with Gasteiger partial charge in [-0.15, -0.1) is 0 Å². The van der Waals surface area contributed by atoms with Crippen LogP contribution in [0.2, 0.25) is 0 Å². The van der Waals surface area contributed by atoms with E-state index in [2.05, 4.69) is 17.1 Å². The standard InChI is InChI=1S/C18H25NO3/c1-12(20)17(13-6-4-3-5-7-13)18(21)22-16-10-14-8-9-15(11-16)19(14)2/h3-7,12,14-17,20H,8-11H2,1-2H3/t12?,14-,15?,16?,17?/m1/s1/i12D,20D. The van der Waals surface area contributed by atoms with Gasteiger partial charge in [-0.1, -0.05) is 30.3 Å². The first-order valence-corrected chi connectivity index (χ1v) is 8.04. The molecule has 3 rings (SSSR count). The van der Waals surface area contributed by atoms with Crippen LogP contribution in [0.25, 0.3) is 0 Å². The van der Waals surface area contributed by atoms with Crippen LogP contribution in [-0.2, 0) is 9.53 Å². The van der Waals surface area contributed by atoms with Crippen molar-refractivity contribution >= 4 is 5.97 Å². The lowest BCUT2D eigenvalue weighted by atomic mass is 9.94. The van der Waals surface area contributed by atoms with E-state index in [1.807, 2.05) is 18.2 Å². The van der Waals surface area contributed by atoms with Crippen molar-refractivity contribution in [2.24, 2.45) is 0 Å². The molecule has 5 atom stereocenters. The molecule has 1 aromatic rings. The van der Waals surface area contributed by atoms with Gasteiger partial charge in [-0.05, 0) is 45.2 Å². The smallest absolute Gasteiger partial charge is 0.316 e. The molecule has 0 aromatic heterocycles. The van der Waals surface area contributed by atoms with Crippen LogP contribution in [0.3, 0.4) is 0 Å². The maximum atomic E-state index is 12.8. The molecule has 0 aliphatic carbocycles. The van der Waals surface area contributed by atoms with Gasteiger partial charge in [0.1, 0.15) is 12.0 Å². The SMILES string of the molecule is [2H]OC([2H])(C)C(C(=O)OC1CC2CC[C@H](C1)N2C)c1ccccc1. The summed E-state index contributed by atoms with van der Waals surface area (Å²) in [4.78, 5) is 15.2. The third-order valence-corrected chi connectivity index (χ3v) is 5.11. The average Bonchev–Trinajstić information content (AvgIpc) is 2.77. The number of esters is 1. The zero-order chi connectivity index (χ0) is 17.3. The molecule has 1 aromatic carbocycles. The van der Waals surface area contributed by atoms with E-state index < -0.39 is 18.0 Å². The zero-order valence-corrected chi connectivity index (χ0v) is 13.2. The number of hydrogen-bond donors (Lipinski definition) is 1. The minimum atomic E-state index is -1.69. The van der Waals surface area contributed by atoms with Gasteiger partial charge >= 0.3 is 5.97 Å². The van der Waals surface area contributed by atoms with E-state index in [1.54, 1.807) is 12.1 Å². The molecular weight excluding hydrogens is 278 g/mol. The van der Waals surface area contributed by atoms with Crippen LogP contribution in [0, 0.1) is 0 Å². The van der Waals surface area contributed by atoms with Crippen LogP contribution in [0.1, 0.15) is 45.5 Å². The summed E-state index contributed by atoms with van der Waals surface area (Å²) in [6, 6.07) is 9.98. The van der Waals surface area contributed by atoms with Crippen LogP contribution in [0.15, 0.2) is 30.3 Å². The molecule has 0 radical (unpaired) electrons. The van der Waals surface area contributed by atoms with Crippen molar-refractivity contribution in [3.8, 4) is 0 Å². The summed E-state index contributed by atoms with van der Waals surface area (Å²) >= 11 is 0. The lowest BCUT2D eigenvalue weighted by Crippen LogP contribution is -2.44. The van der Waals surface area contributed by atoms with Crippen LogP contribution in [0.5, 0.6) is 0 Å². The largest absolute Gasteiger partial charge is 0.462 e. The lowest BCUT2D eigenvalue weighted by molar-refractivity contribution is -0.156. The maximum Gasteiger partial charge on any atom is 0.316 e. The molecule has 2 bridgehead atoms. The Morgan fingerprint density at radius 2 is 2.00 bits per heavy atom. The molecule has 4 unspecified atom stereocenters. The summed E-state index contributed by atoms with van der Waals surface area (Å²) in [5, 5.41) is 4.54. The number of rotatable bonds is 5. The van der Waals surface area contributed by atoms with Crippen molar-refractivity contribution in [1.82, 2.24) is 4.90 Å². The number of aliphatic hydroxyl groups is 1. The predicted octanol–water partition coefficient (Wildman–Crippen LogP) is 2.32. The maximum absolute atomic E-state index is 12.8. The zero-order valence-electron chi connectivity index (χ0n) is 15.2. The van der Waals surface area contributed by atoms with E-state index in [-0.39, 0.29) is 6.10 Å². The molecule has 2 heterocycles. The van der Waals surface area contributed by atoms with Gasteiger partial charge in [0.05, 0.1) is 7.45 Å². The molecule has 2 saturated heterocycles. The second-order valence-corrected chi connectivity index (χ2v) is 6.54. The predicted molar refractivity (Wildman–Crippen MR) is 84.6 cm³/mol. The van der Waals surface area contributed by atoms with Crippen molar-refractivity contribution in [3.63, 3.8) is 0 Å². The van der Waals surface area contributed by atoms with E-state index >= 15 is 0 Å². The molecule has 120 valence electrons. The van der Waals surface area contributed by atoms with Crippen molar-refractivity contribution in [3.05, 3.63) is 35.9 Å². The van der Waals surface area contributed by atoms with Gasteiger partial charge in [0.2, 0.25) is 1.43 Å². The van der Waals surface area contributed by atoms with E-state index in [4.69, 9.17) is 7.54 Å². The average molecular weight is 305 g/mol. The van der Waals surface area contributed by atoms with Crippen LogP contribution in [-0.4, -0.2) is 48.7 Å².